The van der Waals surface area contributed by atoms with E-state index in [4.69, 9.17) is 0 Å². The second-order valence-corrected chi connectivity index (χ2v) is 23.4. The van der Waals surface area contributed by atoms with Crippen molar-refractivity contribution < 1.29 is 0 Å². The minimum Gasteiger partial charge on any atom is -0.0654 e. The fraction of sp³-hybridized carbons (Fsp3) is 0.913. The summed E-state index contributed by atoms with van der Waals surface area (Å²) in [5, 5.41) is 0. The summed E-state index contributed by atoms with van der Waals surface area (Å²) in [4.78, 5) is 0. The van der Waals surface area contributed by atoms with Crippen LogP contribution >= 0.6 is 0 Å². The summed E-state index contributed by atoms with van der Waals surface area (Å²) in [5.41, 5.74) is 6.99. The zero-order chi connectivity index (χ0) is 49.4. The molecule has 0 heterocycles. The highest BCUT2D eigenvalue weighted by Crippen LogP contribution is 2.27. The minimum absolute atomic E-state index is 1.26. The SMILES string of the molecule is CCCCCCCCCCCCCCCCCCCCc1cc(CCC)cc(CCCCCCCCCCCCCCCCCCCC)c1CCCCCCCCCCCCCCCCCCCC. The van der Waals surface area contributed by atoms with Gasteiger partial charge in [0, 0.05) is 0 Å². The molecule has 1 aromatic rings. The topological polar surface area (TPSA) is 0 Å². The summed E-state index contributed by atoms with van der Waals surface area (Å²) < 4.78 is 0. The van der Waals surface area contributed by atoms with Crippen molar-refractivity contribution in [2.75, 3.05) is 0 Å². The molecule has 0 unspecified atom stereocenters. The van der Waals surface area contributed by atoms with E-state index in [2.05, 4.69) is 39.8 Å². The van der Waals surface area contributed by atoms with E-state index in [1.165, 1.54) is 379 Å². The highest BCUT2D eigenvalue weighted by atomic mass is 14.2. The van der Waals surface area contributed by atoms with Crippen molar-refractivity contribution in [3.05, 3.63) is 34.4 Å². The van der Waals surface area contributed by atoms with E-state index in [9.17, 15) is 0 Å². The zero-order valence-corrected chi connectivity index (χ0v) is 48.9. The number of hydrogen-bond acceptors (Lipinski definition) is 0. The molecule has 0 saturated carbocycles. The Bertz CT molecular complexity index is 1040. The Balaban J connectivity index is 2.44. The second kappa shape index (κ2) is 56.5. The largest absolute Gasteiger partial charge is 0.0654 e. The molecule has 0 aliphatic heterocycles. The molecule has 0 amide bonds. The van der Waals surface area contributed by atoms with Crippen molar-refractivity contribution in [2.24, 2.45) is 0 Å². The molecule has 0 saturated heterocycles. The van der Waals surface area contributed by atoms with E-state index in [1.54, 1.807) is 16.7 Å². The van der Waals surface area contributed by atoms with E-state index >= 15 is 0 Å². The van der Waals surface area contributed by atoms with Crippen LogP contribution in [-0.2, 0) is 25.7 Å². The molecule has 0 aromatic heterocycles. The number of aryl methyl sites for hydroxylation is 3. The standard InChI is InChI=1S/C69H132/c1-5-9-12-15-18-21-24-27-30-33-36-39-42-45-48-51-54-57-61-67-64-66(60-8-4)65-68(62-58-55-52-49-46-43-40-37-34-31-28-25-22-19-16-13-10-6-2)69(67)63-59-56-53-50-47-44-41-38-35-32-29-26-23-20-17-14-11-7-3/h64-65H,5-63H2,1-4H3. The van der Waals surface area contributed by atoms with Gasteiger partial charge in [-0.25, -0.2) is 0 Å². The minimum atomic E-state index is 1.26. The number of benzene rings is 1. The lowest BCUT2D eigenvalue weighted by Crippen LogP contribution is -2.04. The van der Waals surface area contributed by atoms with Gasteiger partial charge in [-0.2, -0.15) is 0 Å². The molecule has 0 radical (unpaired) electrons. The molecule has 408 valence electrons. The maximum Gasteiger partial charge on any atom is -0.0273 e. The molecule has 0 N–H and O–H groups in total. The molecule has 0 bridgehead atoms. The van der Waals surface area contributed by atoms with Crippen molar-refractivity contribution >= 4 is 0 Å². The lowest BCUT2D eigenvalue weighted by molar-refractivity contribution is 0.523. The van der Waals surface area contributed by atoms with Crippen molar-refractivity contribution in [1.82, 2.24) is 0 Å². The quantitative estimate of drug-likeness (QED) is 0.0571. The van der Waals surface area contributed by atoms with Crippen LogP contribution in [0, 0.1) is 0 Å². The van der Waals surface area contributed by atoms with Crippen LogP contribution < -0.4 is 0 Å². The first-order chi connectivity index (χ1) is 34.3. The van der Waals surface area contributed by atoms with Crippen LogP contribution in [0.1, 0.15) is 403 Å². The molecule has 0 aliphatic rings. The first kappa shape index (κ1) is 66.2. The summed E-state index contributed by atoms with van der Waals surface area (Å²) in [6.07, 6.45) is 85.4. The smallest absolute Gasteiger partial charge is 0.0273 e. The highest BCUT2D eigenvalue weighted by molar-refractivity contribution is 5.40. The highest BCUT2D eigenvalue weighted by Gasteiger charge is 2.12. The number of hydrogen-bond donors (Lipinski definition) is 0. The maximum absolute atomic E-state index is 2.69. The summed E-state index contributed by atoms with van der Waals surface area (Å²) in [7, 11) is 0. The monoisotopic (exact) mass is 961 g/mol. The summed E-state index contributed by atoms with van der Waals surface area (Å²) >= 11 is 0. The van der Waals surface area contributed by atoms with E-state index in [-0.39, 0.29) is 0 Å². The van der Waals surface area contributed by atoms with Crippen molar-refractivity contribution in [2.45, 2.75) is 407 Å². The van der Waals surface area contributed by atoms with Crippen LogP contribution in [0.3, 0.4) is 0 Å². The molecule has 0 heteroatoms. The van der Waals surface area contributed by atoms with E-state index in [1.807, 2.05) is 5.56 Å². The predicted octanol–water partition coefficient (Wildman–Crippen LogP) is 25.4. The van der Waals surface area contributed by atoms with Crippen LogP contribution in [0.25, 0.3) is 0 Å². The Labute approximate surface area is 438 Å². The lowest BCUT2D eigenvalue weighted by Gasteiger charge is -2.18. The van der Waals surface area contributed by atoms with E-state index in [0.29, 0.717) is 0 Å². The fourth-order valence-corrected chi connectivity index (χ4v) is 11.7. The fourth-order valence-electron chi connectivity index (χ4n) is 11.7. The van der Waals surface area contributed by atoms with Gasteiger partial charge in [0.2, 0.25) is 0 Å². The van der Waals surface area contributed by atoms with Crippen molar-refractivity contribution in [3.63, 3.8) is 0 Å². The number of unbranched alkanes of at least 4 members (excludes halogenated alkanes) is 51. The summed E-state index contributed by atoms with van der Waals surface area (Å²) in [6.45, 7) is 9.36. The van der Waals surface area contributed by atoms with Crippen LogP contribution in [0.15, 0.2) is 12.1 Å². The summed E-state index contributed by atoms with van der Waals surface area (Å²) in [5.74, 6) is 0. The second-order valence-electron chi connectivity index (χ2n) is 23.4. The maximum atomic E-state index is 2.69. The van der Waals surface area contributed by atoms with Crippen LogP contribution in [0.5, 0.6) is 0 Å². The van der Waals surface area contributed by atoms with Gasteiger partial charge in [0.25, 0.3) is 0 Å². The lowest BCUT2D eigenvalue weighted by atomic mass is 9.87. The van der Waals surface area contributed by atoms with Gasteiger partial charge in [-0.3, -0.25) is 0 Å². The van der Waals surface area contributed by atoms with Gasteiger partial charge in [-0.15, -0.1) is 0 Å². The molecule has 0 fully saturated rings. The van der Waals surface area contributed by atoms with Gasteiger partial charge in [-0.1, -0.05) is 374 Å². The van der Waals surface area contributed by atoms with Crippen molar-refractivity contribution in [1.29, 1.82) is 0 Å². The predicted molar refractivity (Wildman–Crippen MR) is 318 cm³/mol. The molecule has 1 rings (SSSR count). The Morgan fingerprint density at radius 2 is 0.348 bits per heavy atom. The van der Waals surface area contributed by atoms with Gasteiger partial charge in [0.15, 0.2) is 0 Å². The first-order valence-corrected chi connectivity index (χ1v) is 33.4. The third-order valence-electron chi connectivity index (χ3n) is 16.4. The normalized spacial score (nSPS) is 11.7. The molecule has 69 heavy (non-hydrogen) atoms. The van der Waals surface area contributed by atoms with Crippen LogP contribution in [0.2, 0.25) is 0 Å². The van der Waals surface area contributed by atoms with Crippen LogP contribution in [-0.4, -0.2) is 0 Å². The van der Waals surface area contributed by atoms with Gasteiger partial charge >= 0.3 is 0 Å². The molecule has 0 nitrogen and oxygen atoms in total. The zero-order valence-electron chi connectivity index (χ0n) is 48.9. The molecule has 0 atom stereocenters. The van der Waals surface area contributed by atoms with Crippen LogP contribution in [0.4, 0.5) is 0 Å². The third kappa shape index (κ3) is 46.7. The molecule has 0 aliphatic carbocycles. The Morgan fingerprint density at radius 3 is 0.536 bits per heavy atom. The Kier molecular flexibility index (Phi) is 54.2. The average Bonchev–Trinajstić information content (AvgIpc) is 3.35. The molecular formula is C69H132. The Hall–Kier alpha value is -0.780. The average molecular weight is 962 g/mol. The van der Waals surface area contributed by atoms with Gasteiger partial charge in [0.05, 0.1) is 0 Å². The Morgan fingerprint density at radius 1 is 0.174 bits per heavy atom. The molecule has 1 aromatic carbocycles. The third-order valence-corrected chi connectivity index (χ3v) is 16.4. The first-order valence-electron chi connectivity index (χ1n) is 33.4. The van der Waals surface area contributed by atoms with E-state index < -0.39 is 0 Å². The number of rotatable bonds is 59. The van der Waals surface area contributed by atoms with Gasteiger partial charge in [0.1, 0.15) is 0 Å². The molecular weight excluding hydrogens is 829 g/mol. The van der Waals surface area contributed by atoms with Crippen molar-refractivity contribution in [3.8, 4) is 0 Å². The van der Waals surface area contributed by atoms with E-state index in [0.717, 1.165) is 0 Å². The van der Waals surface area contributed by atoms with Gasteiger partial charge < -0.3 is 0 Å². The van der Waals surface area contributed by atoms with Gasteiger partial charge in [-0.05, 0) is 67.2 Å². The molecule has 0 spiro atoms. The summed E-state index contributed by atoms with van der Waals surface area (Å²) in [6, 6.07) is 5.39.